The van der Waals surface area contributed by atoms with Crippen molar-refractivity contribution in [3.8, 4) is 0 Å². The molecule has 7 amide bonds. The summed E-state index contributed by atoms with van der Waals surface area (Å²) in [7, 11) is 0. The van der Waals surface area contributed by atoms with Gasteiger partial charge >= 0.3 is 11.9 Å². The molecule has 2 aromatic rings. The molecule has 1 aliphatic heterocycles. The lowest BCUT2D eigenvalue weighted by Gasteiger charge is -2.30. The van der Waals surface area contributed by atoms with Gasteiger partial charge in [0.2, 0.25) is 41.4 Å². The van der Waals surface area contributed by atoms with Crippen LogP contribution in [0.1, 0.15) is 84.8 Å². The third-order valence-corrected chi connectivity index (χ3v) is 11.2. The first-order chi connectivity index (χ1) is 30.2. The second-order valence-electron chi connectivity index (χ2n) is 16.6. The highest BCUT2D eigenvalue weighted by molar-refractivity contribution is 5.97. The third-order valence-electron chi connectivity index (χ3n) is 11.2. The fourth-order valence-electron chi connectivity index (χ4n) is 7.07. The van der Waals surface area contributed by atoms with Gasteiger partial charge < -0.3 is 52.7 Å². The monoisotopic (exact) mass is 892 g/mol. The average Bonchev–Trinajstić information content (AvgIpc) is 3.76. The predicted molar refractivity (Wildman–Crippen MR) is 235 cm³/mol. The second-order valence-corrected chi connectivity index (χ2v) is 16.6. The molecule has 1 fully saturated rings. The van der Waals surface area contributed by atoms with Crippen LogP contribution in [0.15, 0.2) is 60.7 Å². The van der Waals surface area contributed by atoms with Gasteiger partial charge in [0.1, 0.15) is 42.3 Å². The number of carbonyl (C=O) groups is 9. The lowest BCUT2D eigenvalue weighted by atomic mass is 9.96. The fraction of sp³-hybridized carbons (Fsp3) is 0.533. The number of benzene rings is 2. The molecule has 1 aliphatic rings. The Morgan fingerprint density at radius 2 is 1.11 bits per heavy atom. The molecule has 19 nitrogen and oxygen atoms in total. The molecule has 0 aromatic heterocycles. The van der Waals surface area contributed by atoms with E-state index in [4.69, 9.17) is 10.8 Å². The number of carboxylic acid groups (broad SMARTS) is 2. The highest BCUT2D eigenvalue weighted by atomic mass is 16.4. The molecule has 3 rings (SSSR count). The number of carboxylic acids is 2. The van der Waals surface area contributed by atoms with Crippen LogP contribution in [-0.4, -0.2) is 123 Å². The molecule has 0 unspecified atom stereocenters. The van der Waals surface area contributed by atoms with E-state index in [2.05, 4.69) is 31.9 Å². The van der Waals surface area contributed by atoms with Crippen LogP contribution in [0.3, 0.4) is 0 Å². The molecule has 2 aromatic carbocycles. The summed E-state index contributed by atoms with van der Waals surface area (Å²) in [5.74, 6) is -8.06. The van der Waals surface area contributed by atoms with E-state index < -0.39 is 113 Å². The van der Waals surface area contributed by atoms with E-state index in [1.54, 1.807) is 88.4 Å². The fourth-order valence-corrected chi connectivity index (χ4v) is 7.07. The molecule has 19 heteroatoms. The van der Waals surface area contributed by atoms with Gasteiger partial charge in [0.05, 0.1) is 6.04 Å². The van der Waals surface area contributed by atoms with Crippen molar-refractivity contribution in [2.75, 3.05) is 6.54 Å². The number of nitrogens with zero attached hydrogens (tertiary/aromatic N) is 1. The van der Waals surface area contributed by atoms with Gasteiger partial charge in [-0.1, -0.05) is 94.8 Å². The maximum absolute atomic E-state index is 14.2. The summed E-state index contributed by atoms with van der Waals surface area (Å²) >= 11 is 0. The molecule has 0 bridgehead atoms. The zero-order chi connectivity index (χ0) is 47.7. The van der Waals surface area contributed by atoms with E-state index in [0.29, 0.717) is 30.4 Å². The number of rotatable bonds is 24. The van der Waals surface area contributed by atoms with Crippen LogP contribution >= 0.6 is 0 Å². The highest BCUT2D eigenvalue weighted by Gasteiger charge is 2.39. The van der Waals surface area contributed by atoms with Crippen molar-refractivity contribution in [3.05, 3.63) is 71.8 Å². The van der Waals surface area contributed by atoms with Gasteiger partial charge in [-0.25, -0.2) is 4.79 Å². The molecular formula is C45H64N8O11. The molecule has 1 heterocycles. The van der Waals surface area contributed by atoms with E-state index >= 15 is 0 Å². The van der Waals surface area contributed by atoms with Crippen LogP contribution < -0.4 is 37.6 Å². The van der Waals surface area contributed by atoms with Gasteiger partial charge in [0, 0.05) is 25.8 Å². The number of aliphatic carboxylic acids is 2. The summed E-state index contributed by atoms with van der Waals surface area (Å²) in [6.07, 6.45) is 0.690. The average molecular weight is 893 g/mol. The molecule has 0 saturated carbocycles. The summed E-state index contributed by atoms with van der Waals surface area (Å²) in [6, 6.07) is 8.16. The first-order valence-corrected chi connectivity index (χ1v) is 21.6. The van der Waals surface area contributed by atoms with Gasteiger partial charge in [-0.05, 0) is 56.1 Å². The Kier molecular flexibility index (Phi) is 20.4. The quantitative estimate of drug-likeness (QED) is 0.0692. The van der Waals surface area contributed by atoms with Gasteiger partial charge in [-0.15, -0.1) is 0 Å². The van der Waals surface area contributed by atoms with Crippen molar-refractivity contribution in [2.24, 2.45) is 17.6 Å². The molecule has 0 aliphatic carbocycles. The topological polar surface area (TPSA) is 296 Å². The van der Waals surface area contributed by atoms with E-state index in [1.807, 2.05) is 0 Å². The van der Waals surface area contributed by atoms with E-state index in [9.17, 15) is 48.3 Å². The first kappa shape index (κ1) is 52.0. The Labute approximate surface area is 373 Å². The maximum atomic E-state index is 14.2. The second kappa shape index (κ2) is 25.1. The number of nitrogens with two attached hydrogens (primary N) is 1. The molecule has 9 atom stereocenters. The largest absolute Gasteiger partial charge is 0.481 e. The lowest BCUT2D eigenvalue weighted by molar-refractivity contribution is -0.150. The number of carbonyl (C=O) groups excluding carboxylic acids is 7. The molecule has 64 heavy (non-hydrogen) atoms. The van der Waals surface area contributed by atoms with Gasteiger partial charge in [0.15, 0.2) is 0 Å². The van der Waals surface area contributed by atoms with Crippen LogP contribution in [0.25, 0.3) is 0 Å². The van der Waals surface area contributed by atoms with Crippen LogP contribution in [0.5, 0.6) is 0 Å². The lowest BCUT2D eigenvalue weighted by Crippen LogP contribution is -2.61. The number of hydrogen-bond donors (Lipinski definition) is 9. The van der Waals surface area contributed by atoms with Crippen molar-refractivity contribution in [1.82, 2.24) is 36.8 Å². The zero-order valence-electron chi connectivity index (χ0n) is 37.3. The summed E-state index contributed by atoms with van der Waals surface area (Å²) < 4.78 is 0. The number of amides is 7. The normalized spacial score (nSPS) is 17.2. The van der Waals surface area contributed by atoms with Gasteiger partial charge in [-0.2, -0.15) is 0 Å². The van der Waals surface area contributed by atoms with E-state index in [-0.39, 0.29) is 32.2 Å². The van der Waals surface area contributed by atoms with Crippen LogP contribution in [0.2, 0.25) is 0 Å². The molecule has 10 N–H and O–H groups in total. The Morgan fingerprint density at radius 1 is 0.641 bits per heavy atom. The smallest absolute Gasteiger partial charge is 0.326 e. The number of likely N-dealkylation sites (tertiary alicyclic amines) is 1. The van der Waals surface area contributed by atoms with E-state index in [0.717, 1.165) is 0 Å². The summed E-state index contributed by atoms with van der Waals surface area (Å²) in [5.41, 5.74) is 7.26. The molecule has 1 saturated heterocycles. The summed E-state index contributed by atoms with van der Waals surface area (Å²) in [6.45, 7) is 9.94. The Bertz CT molecular complexity index is 1950. The standard InChI is InChI=1S/C45H64N8O11/c1-7-26(4)37(52-40(58)31(46)20-21-35(54)55)43(61)50-33(24-30-17-12-9-13-18-30)42(60)49-32(23-29-15-10-8-11-16-29)41(59)48-27(5)38(56)47-28(6)39(57)51-36(25(2)3)44(62)53-22-14-19-34(53)45(63)64/h8-13,15-18,25-28,31-34,36-37H,7,14,19-24,46H2,1-6H3,(H,47,56)(H,48,59)(H,49,60)(H,50,61)(H,51,57)(H,52,58)(H,54,55)(H,63,64)/t26-,27-,28-,31-,32-,33-,34-,36-,37-/m0/s1. The van der Waals surface area contributed by atoms with Crippen LogP contribution in [0, 0.1) is 11.8 Å². The minimum absolute atomic E-state index is 0.0163. The van der Waals surface area contributed by atoms with E-state index in [1.165, 1.54) is 18.7 Å². The Hall–Kier alpha value is -6.37. The summed E-state index contributed by atoms with van der Waals surface area (Å²) in [5, 5.41) is 34.5. The minimum atomic E-state index is -1.28. The molecule has 0 radical (unpaired) electrons. The van der Waals surface area contributed by atoms with Gasteiger partial charge in [-0.3, -0.25) is 38.4 Å². The highest BCUT2D eigenvalue weighted by Crippen LogP contribution is 2.20. The SMILES string of the molecule is CC[C@H](C)[C@H](NC(=O)[C@@H](N)CCC(=O)O)C(=O)N[C@@H](Cc1ccccc1)C(=O)N[C@@H](Cc1ccccc1)C(=O)N[C@@H](C)C(=O)N[C@@H](C)C(=O)N[C@H](C(=O)N1CCC[C@H]1C(=O)O)C(C)C. The number of nitrogens with one attached hydrogen (secondary N) is 6. The first-order valence-electron chi connectivity index (χ1n) is 21.6. The number of hydrogen-bond acceptors (Lipinski definition) is 10. The Balaban J connectivity index is 1.79. The zero-order valence-corrected chi connectivity index (χ0v) is 37.3. The van der Waals surface area contributed by atoms with Crippen molar-refractivity contribution in [3.63, 3.8) is 0 Å². The van der Waals surface area contributed by atoms with Crippen molar-refractivity contribution >= 4 is 53.3 Å². The van der Waals surface area contributed by atoms with Crippen LogP contribution in [-0.2, 0) is 56.0 Å². The summed E-state index contributed by atoms with van der Waals surface area (Å²) in [4.78, 5) is 119. The molecular weight excluding hydrogens is 829 g/mol. The van der Waals surface area contributed by atoms with Crippen molar-refractivity contribution < 1.29 is 53.4 Å². The Morgan fingerprint density at radius 3 is 1.59 bits per heavy atom. The third kappa shape index (κ3) is 15.8. The van der Waals surface area contributed by atoms with Crippen LogP contribution in [0.4, 0.5) is 0 Å². The maximum Gasteiger partial charge on any atom is 0.326 e. The molecule has 0 spiro atoms. The molecule has 350 valence electrons. The minimum Gasteiger partial charge on any atom is -0.481 e. The van der Waals surface area contributed by atoms with Gasteiger partial charge in [0.25, 0.3) is 0 Å². The van der Waals surface area contributed by atoms with Crippen molar-refractivity contribution in [1.29, 1.82) is 0 Å². The van der Waals surface area contributed by atoms with Crippen molar-refractivity contribution in [2.45, 2.75) is 135 Å². The predicted octanol–water partition coefficient (Wildman–Crippen LogP) is 0.390.